The van der Waals surface area contributed by atoms with Gasteiger partial charge in [0.1, 0.15) is 5.82 Å². The third-order valence-electron chi connectivity index (χ3n) is 4.13. The van der Waals surface area contributed by atoms with Gasteiger partial charge in [0, 0.05) is 6.04 Å². The van der Waals surface area contributed by atoms with E-state index in [1.807, 2.05) is 6.92 Å². The number of aromatic nitrogens is 3. The first-order chi connectivity index (χ1) is 9.50. The summed E-state index contributed by atoms with van der Waals surface area (Å²) in [7, 11) is 0. The van der Waals surface area contributed by atoms with Crippen molar-refractivity contribution in [3.63, 3.8) is 0 Å². The molecule has 1 aliphatic carbocycles. The highest BCUT2D eigenvalue weighted by molar-refractivity contribution is 7.99. The topological polar surface area (TPSA) is 68.0 Å². The normalized spacial score (nSPS) is 23.2. The molecule has 0 spiro atoms. The molecular weight excluding hydrogens is 274 g/mol. The fourth-order valence-corrected chi connectivity index (χ4v) is 3.95. The lowest BCUT2D eigenvalue weighted by Gasteiger charge is -2.36. The van der Waals surface area contributed by atoms with E-state index in [2.05, 4.69) is 28.6 Å². The molecule has 0 saturated heterocycles. The number of carbonyl (C=O) groups is 1. The summed E-state index contributed by atoms with van der Waals surface area (Å²) in [5.74, 6) is 1.38. The van der Waals surface area contributed by atoms with Crippen molar-refractivity contribution in [3.8, 4) is 0 Å². The Labute approximate surface area is 124 Å². The summed E-state index contributed by atoms with van der Waals surface area (Å²) in [6, 6.07) is 0.412. The minimum absolute atomic E-state index is 0.0389. The molecule has 1 saturated carbocycles. The molecule has 0 aliphatic heterocycles. The van der Waals surface area contributed by atoms with Gasteiger partial charge in [-0.25, -0.2) is 0 Å². The van der Waals surface area contributed by atoms with Crippen LogP contribution in [0.25, 0.3) is 0 Å². The van der Waals surface area contributed by atoms with Gasteiger partial charge in [-0.15, -0.1) is 10.2 Å². The maximum absolute atomic E-state index is 10.8. The molecule has 1 aromatic heterocycles. The molecule has 1 aromatic rings. The van der Waals surface area contributed by atoms with E-state index in [1.54, 1.807) is 0 Å². The van der Waals surface area contributed by atoms with Crippen LogP contribution in [0.4, 0.5) is 0 Å². The summed E-state index contributed by atoms with van der Waals surface area (Å²) in [6.07, 6.45) is 4.90. The number of carboxylic acid groups (broad SMARTS) is 1. The molecule has 1 aliphatic rings. The molecule has 20 heavy (non-hydrogen) atoms. The summed E-state index contributed by atoms with van der Waals surface area (Å²) < 4.78 is 2.18. The first-order valence-electron chi connectivity index (χ1n) is 7.26. The van der Waals surface area contributed by atoms with Crippen LogP contribution in [0.2, 0.25) is 0 Å². The minimum atomic E-state index is -0.814. The van der Waals surface area contributed by atoms with Crippen LogP contribution in [-0.2, 0) is 4.79 Å². The molecule has 112 valence electrons. The smallest absolute Gasteiger partial charge is 0.313 e. The van der Waals surface area contributed by atoms with Crippen molar-refractivity contribution in [1.82, 2.24) is 14.8 Å². The van der Waals surface area contributed by atoms with E-state index >= 15 is 0 Å². The molecule has 2 unspecified atom stereocenters. The van der Waals surface area contributed by atoms with Gasteiger partial charge in [0.05, 0.1) is 5.75 Å². The first kappa shape index (κ1) is 15.4. The average molecular weight is 297 g/mol. The molecule has 0 radical (unpaired) electrons. The highest BCUT2D eigenvalue weighted by Crippen LogP contribution is 2.40. The van der Waals surface area contributed by atoms with E-state index in [1.165, 1.54) is 31.0 Å². The Morgan fingerprint density at radius 1 is 1.40 bits per heavy atom. The Morgan fingerprint density at radius 2 is 2.10 bits per heavy atom. The summed E-state index contributed by atoms with van der Waals surface area (Å²) in [5.41, 5.74) is 0. The molecule has 0 aromatic carbocycles. The van der Waals surface area contributed by atoms with E-state index in [4.69, 9.17) is 5.11 Å². The van der Waals surface area contributed by atoms with Crippen molar-refractivity contribution in [1.29, 1.82) is 0 Å². The minimum Gasteiger partial charge on any atom is -0.481 e. The number of hydrogen-bond donors (Lipinski definition) is 1. The number of hydrogen-bond acceptors (Lipinski definition) is 4. The number of aryl methyl sites for hydroxylation is 1. The lowest BCUT2D eigenvalue weighted by molar-refractivity contribution is -0.133. The van der Waals surface area contributed by atoms with Gasteiger partial charge in [-0.05, 0) is 31.6 Å². The van der Waals surface area contributed by atoms with Crippen LogP contribution in [0.5, 0.6) is 0 Å². The van der Waals surface area contributed by atoms with Gasteiger partial charge in [0.15, 0.2) is 5.16 Å². The molecule has 6 heteroatoms. The summed E-state index contributed by atoms with van der Waals surface area (Å²) >= 11 is 1.27. The van der Waals surface area contributed by atoms with Crippen molar-refractivity contribution in [2.75, 3.05) is 5.75 Å². The highest BCUT2D eigenvalue weighted by atomic mass is 32.2. The van der Waals surface area contributed by atoms with E-state index < -0.39 is 5.97 Å². The van der Waals surface area contributed by atoms with Gasteiger partial charge in [0.2, 0.25) is 0 Å². The predicted octanol–water partition coefficient (Wildman–Crippen LogP) is 3.15. The summed E-state index contributed by atoms with van der Waals surface area (Å²) in [6.45, 7) is 6.50. The van der Waals surface area contributed by atoms with Gasteiger partial charge >= 0.3 is 5.97 Å². The van der Waals surface area contributed by atoms with Crippen molar-refractivity contribution in [2.45, 2.75) is 57.7 Å². The third-order valence-corrected chi connectivity index (χ3v) is 5.06. The molecule has 2 atom stereocenters. The second-order valence-corrected chi connectivity index (χ2v) is 6.78. The van der Waals surface area contributed by atoms with E-state index in [9.17, 15) is 4.79 Å². The van der Waals surface area contributed by atoms with Crippen LogP contribution in [-0.4, -0.2) is 31.6 Å². The van der Waals surface area contributed by atoms with Gasteiger partial charge < -0.3 is 9.67 Å². The van der Waals surface area contributed by atoms with E-state index in [0.717, 1.165) is 17.4 Å². The Balaban J connectivity index is 2.25. The zero-order valence-corrected chi connectivity index (χ0v) is 13.2. The second kappa shape index (κ2) is 6.61. The van der Waals surface area contributed by atoms with Crippen LogP contribution in [0.3, 0.4) is 0 Å². The number of nitrogens with zero attached hydrogens (tertiary/aromatic N) is 3. The Hall–Kier alpha value is -1.04. The fourth-order valence-electron chi connectivity index (χ4n) is 3.19. The second-order valence-electron chi connectivity index (χ2n) is 5.84. The zero-order valence-electron chi connectivity index (χ0n) is 12.4. The number of aliphatic carboxylic acids is 1. The van der Waals surface area contributed by atoms with Gasteiger partial charge in [0.25, 0.3) is 0 Å². The van der Waals surface area contributed by atoms with Crippen molar-refractivity contribution >= 4 is 17.7 Å². The molecule has 5 nitrogen and oxygen atoms in total. The quantitative estimate of drug-likeness (QED) is 0.846. The van der Waals surface area contributed by atoms with Crippen molar-refractivity contribution < 1.29 is 9.90 Å². The third kappa shape index (κ3) is 3.34. The molecule has 0 amide bonds. The Morgan fingerprint density at radius 3 is 2.75 bits per heavy atom. The molecular formula is C14H23N3O2S. The molecule has 0 bridgehead atoms. The largest absolute Gasteiger partial charge is 0.481 e. The van der Waals surface area contributed by atoms with Gasteiger partial charge in [-0.3, -0.25) is 4.79 Å². The first-order valence-corrected chi connectivity index (χ1v) is 8.25. The lowest BCUT2D eigenvalue weighted by atomic mass is 9.77. The zero-order chi connectivity index (χ0) is 14.7. The Bertz CT molecular complexity index is 473. The summed E-state index contributed by atoms with van der Waals surface area (Å²) in [5, 5.41) is 17.9. The maximum Gasteiger partial charge on any atom is 0.313 e. The van der Waals surface area contributed by atoms with Crippen LogP contribution in [0.15, 0.2) is 5.16 Å². The highest BCUT2D eigenvalue weighted by Gasteiger charge is 2.31. The van der Waals surface area contributed by atoms with Crippen molar-refractivity contribution in [2.24, 2.45) is 11.8 Å². The van der Waals surface area contributed by atoms with Crippen LogP contribution >= 0.6 is 11.8 Å². The van der Waals surface area contributed by atoms with Crippen molar-refractivity contribution in [3.05, 3.63) is 5.82 Å². The number of thioether (sulfide) groups is 1. The average Bonchev–Trinajstić information content (AvgIpc) is 2.77. The lowest BCUT2D eigenvalue weighted by Crippen LogP contribution is -2.28. The maximum atomic E-state index is 10.8. The molecule has 2 rings (SSSR count). The SMILES string of the molecule is Cc1nnc(SCC(=O)O)n1C1CCCCC1C(C)C. The fraction of sp³-hybridized carbons (Fsp3) is 0.786. The predicted molar refractivity (Wildman–Crippen MR) is 79.0 cm³/mol. The molecule has 1 fully saturated rings. The number of carboxylic acids is 1. The number of rotatable bonds is 5. The van der Waals surface area contributed by atoms with Gasteiger partial charge in [-0.2, -0.15) is 0 Å². The van der Waals surface area contributed by atoms with Crippen LogP contribution in [0.1, 0.15) is 51.4 Å². The van der Waals surface area contributed by atoms with Gasteiger partial charge in [-0.1, -0.05) is 38.5 Å². The van der Waals surface area contributed by atoms with Crippen LogP contribution < -0.4 is 0 Å². The standard InChI is InChI=1S/C14H23N3O2S/c1-9(2)11-6-4-5-7-12(11)17-10(3)15-16-14(17)20-8-13(18)19/h9,11-12H,4-8H2,1-3H3,(H,18,19). The van der Waals surface area contributed by atoms with Crippen LogP contribution in [0, 0.1) is 18.8 Å². The molecule has 1 N–H and O–H groups in total. The summed E-state index contributed by atoms with van der Waals surface area (Å²) in [4.78, 5) is 10.8. The Kier molecular flexibility index (Phi) is 5.07. The van der Waals surface area contributed by atoms with E-state index in [-0.39, 0.29) is 5.75 Å². The monoisotopic (exact) mass is 297 g/mol. The van der Waals surface area contributed by atoms with E-state index in [0.29, 0.717) is 17.9 Å². The molecule has 1 heterocycles.